The van der Waals surface area contributed by atoms with E-state index in [-0.39, 0.29) is 0 Å². The average Bonchev–Trinajstić information content (AvgIpc) is 2.75. The Morgan fingerprint density at radius 2 is 2.32 bits per heavy atom. The minimum absolute atomic E-state index is 0.735. The lowest BCUT2D eigenvalue weighted by Gasteiger charge is -2.32. The molecule has 1 aromatic heterocycles. The van der Waals surface area contributed by atoms with Crippen molar-refractivity contribution in [3.8, 4) is 0 Å². The molecule has 0 aliphatic carbocycles. The molecule has 0 amide bonds. The molecule has 19 heavy (non-hydrogen) atoms. The highest BCUT2D eigenvalue weighted by atomic mass is 15.3. The highest BCUT2D eigenvalue weighted by Crippen LogP contribution is 2.17. The van der Waals surface area contributed by atoms with Gasteiger partial charge in [0.05, 0.1) is 6.54 Å². The topological polar surface area (TPSA) is 46.0 Å². The fraction of sp³-hybridized carbons (Fsp3) is 0.857. The maximum atomic E-state index is 4.31. The van der Waals surface area contributed by atoms with Gasteiger partial charge in [0.2, 0.25) is 0 Å². The van der Waals surface area contributed by atoms with Crippen LogP contribution >= 0.6 is 0 Å². The number of hydrogen-bond acceptors (Lipinski definition) is 4. The smallest absolute Gasteiger partial charge is 0.140 e. The third-order valence-corrected chi connectivity index (χ3v) is 3.76. The first kappa shape index (κ1) is 14.5. The largest absolute Gasteiger partial charge is 0.316 e. The summed E-state index contributed by atoms with van der Waals surface area (Å²) < 4.78 is 1.88. The zero-order valence-electron chi connectivity index (χ0n) is 12.5. The van der Waals surface area contributed by atoms with Crippen LogP contribution in [0.3, 0.4) is 0 Å². The Balaban J connectivity index is 1.75. The molecule has 0 aromatic carbocycles. The van der Waals surface area contributed by atoms with E-state index in [9.17, 15) is 0 Å². The van der Waals surface area contributed by atoms with Gasteiger partial charge in [-0.05, 0) is 44.3 Å². The summed E-state index contributed by atoms with van der Waals surface area (Å²) >= 11 is 0. The van der Waals surface area contributed by atoms with Crippen molar-refractivity contribution in [2.45, 2.75) is 33.2 Å². The van der Waals surface area contributed by atoms with E-state index in [0.29, 0.717) is 0 Å². The van der Waals surface area contributed by atoms with Crippen LogP contribution in [0.4, 0.5) is 0 Å². The Hall–Kier alpha value is -0.940. The first-order valence-corrected chi connectivity index (χ1v) is 7.41. The summed E-state index contributed by atoms with van der Waals surface area (Å²) in [5.41, 5.74) is 0. The molecular formula is C14H27N5. The Kier molecular flexibility index (Phi) is 5.34. The van der Waals surface area contributed by atoms with Gasteiger partial charge in [-0.25, -0.2) is 4.98 Å². The molecule has 0 bridgehead atoms. The van der Waals surface area contributed by atoms with Gasteiger partial charge >= 0.3 is 0 Å². The van der Waals surface area contributed by atoms with E-state index in [1.54, 1.807) is 6.33 Å². The normalized spacial score (nSPS) is 21.2. The SMILES string of the molecule is CC(C)CNCC1CCCN(Cc2ncnn2C)C1. The number of aromatic nitrogens is 3. The molecular weight excluding hydrogens is 238 g/mol. The van der Waals surface area contributed by atoms with Crippen molar-refractivity contribution in [1.29, 1.82) is 0 Å². The maximum absolute atomic E-state index is 4.31. The zero-order valence-corrected chi connectivity index (χ0v) is 12.5. The van der Waals surface area contributed by atoms with Crippen LogP contribution < -0.4 is 5.32 Å². The predicted molar refractivity (Wildman–Crippen MR) is 76.7 cm³/mol. The average molecular weight is 265 g/mol. The van der Waals surface area contributed by atoms with Crippen molar-refractivity contribution in [2.24, 2.45) is 18.9 Å². The third kappa shape index (κ3) is 4.58. The predicted octanol–water partition coefficient (Wildman–Crippen LogP) is 1.27. The summed E-state index contributed by atoms with van der Waals surface area (Å²) in [5, 5.41) is 7.72. The fourth-order valence-electron chi connectivity index (χ4n) is 2.70. The second-order valence-electron chi connectivity index (χ2n) is 6.10. The maximum Gasteiger partial charge on any atom is 0.140 e. The van der Waals surface area contributed by atoms with Crippen LogP contribution in [0, 0.1) is 11.8 Å². The Morgan fingerprint density at radius 1 is 1.47 bits per heavy atom. The van der Waals surface area contributed by atoms with Gasteiger partial charge in [0, 0.05) is 13.6 Å². The molecule has 5 nitrogen and oxygen atoms in total. The molecule has 0 saturated carbocycles. The molecule has 1 aliphatic heterocycles. The number of hydrogen-bond donors (Lipinski definition) is 1. The molecule has 5 heteroatoms. The second kappa shape index (κ2) is 7.01. The van der Waals surface area contributed by atoms with Gasteiger partial charge in [0.25, 0.3) is 0 Å². The molecule has 1 N–H and O–H groups in total. The van der Waals surface area contributed by atoms with Gasteiger partial charge in [0.15, 0.2) is 0 Å². The molecule has 1 saturated heterocycles. The van der Waals surface area contributed by atoms with Gasteiger partial charge in [-0.3, -0.25) is 9.58 Å². The first-order chi connectivity index (χ1) is 9.15. The molecule has 1 fully saturated rings. The van der Waals surface area contributed by atoms with Crippen molar-refractivity contribution >= 4 is 0 Å². The summed E-state index contributed by atoms with van der Waals surface area (Å²) in [5.74, 6) is 2.58. The summed E-state index contributed by atoms with van der Waals surface area (Å²) in [4.78, 5) is 6.82. The van der Waals surface area contributed by atoms with E-state index in [1.807, 2.05) is 11.7 Å². The quantitative estimate of drug-likeness (QED) is 0.841. The van der Waals surface area contributed by atoms with Crippen LogP contribution in [0.2, 0.25) is 0 Å². The molecule has 2 heterocycles. The van der Waals surface area contributed by atoms with Crippen LogP contribution in [0.25, 0.3) is 0 Å². The number of piperidine rings is 1. The van der Waals surface area contributed by atoms with E-state index in [4.69, 9.17) is 0 Å². The van der Waals surface area contributed by atoms with Gasteiger partial charge in [-0.1, -0.05) is 13.8 Å². The van der Waals surface area contributed by atoms with Crippen molar-refractivity contribution in [3.63, 3.8) is 0 Å². The summed E-state index contributed by atoms with van der Waals surface area (Å²) in [6.07, 6.45) is 4.28. The lowest BCUT2D eigenvalue weighted by Crippen LogP contribution is -2.40. The van der Waals surface area contributed by atoms with Gasteiger partial charge < -0.3 is 5.32 Å². The molecule has 1 aliphatic rings. The van der Waals surface area contributed by atoms with E-state index in [1.165, 1.54) is 25.9 Å². The molecule has 0 spiro atoms. The van der Waals surface area contributed by atoms with Crippen LogP contribution in [0.15, 0.2) is 6.33 Å². The Morgan fingerprint density at radius 3 is 3.00 bits per heavy atom. The van der Waals surface area contributed by atoms with Crippen molar-refractivity contribution in [2.75, 3.05) is 26.2 Å². The number of nitrogens with zero attached hydrogens (tertiary/aromatic N) is 4. The monoisotopic (exact) mass is 265 g/mol. The number of rotatable bonds is 6. The van der Waals surface area contributed by atoms with E-state index in [2.05, 4.69) is 34.1 Å². The molecule has 108 valence electrons. The van der Waals surface area contributed by atoms with Crippen LogP contribution in [0.5, 0.6) is 0 Å². The summed E-state index contributed by atoms with van der Waals surface area (Å²) in [6.45, 7) is 10.1. The summed E-state index contributed by atoms with van der Waals surface area (Å²) in [7, 11) is 1.97. The van der Waals surface area contributed by atoms with Crippen molar-refractivity contribution < 1.29 is 0 Å². The van der Waals surface area contributed by atoms with E-state index >= 15 is 0 Å². The molecule has 1 atom stereocenters. The van der Waals surface area contributed by atoms with E-state index in [0.717, 1.165) is 37.3 Å². The van der Waals surface area contributed by atoms with Crippen molar-refractivity contribution in [1.82, 2.24) is 25.0 Å². The molecule has 1 unspecified atom stereocenters. The van der Waals surface area contributed by atoms with Gasteiger partial charge in [-0.15, -0.1) is 0 Å². The highest BCUT2D eigenvalue weighted by molar-refractivity contribution is 4.85. The number of aryl methyl sites for hydroxylation is 1. The minimum atomic E-state index is 0.735. The van der Waals surface area contributed by atoms with Gasteiger partial charge in [-0.2, -0.15) is 5.10 Å². The van der Waals surface area contributed by atoms with E-state index < -0.39 is 0 Å². The highest BCUT2D eigenvalue weighted by Gasteiger charge is 2.20. The van der Waals surface area contributed by atoms with Crippen LogP contribution in [-0.4, -0.2) is 45.8 Å². The molecule has 1 aromatic rings. The molecule has 2 rings (SSSR count). The Bertz CT molecular complexity index is 374. The second-order valence-corrected chi connectivity index (χ2v) is 6.10. The fourth-order valence-corrected chi connectivity index (χ4v) is 2.70. The standard InChI is InChI=1S/C14H27N5/c1-12(2)7-15-8-13-5-4-6-19(9-13)10-14-16-11-17-18(14)3/h11-13,15H,4-10H2,1-3H3. The van der Waals surface area contributed by atoms with Crippen LogP contribution in [0.1, 0.15) is 32.5 Å². The summed E-state index contributed by atoms with van der Waals surface area (Å²) in [6, 6.07) is 0. The van der Waals surface area contributed by atoms with Crippen molar-refractivity contribution in [3.05, 3.63) is 12.2 Å². The number of likely N-dealkylation sites (tertiary alicyclic amines) is 1. The number of nitrogens with one attached hydrogen (secondary N) is 1. The lowest BCUT2D eigenvalue weighted by molar-refractivity contribution is 0.159. The minimum Gasteiger partial charge on any atom is -0.316 e. The lowest BCUT2D eigenvalue weighted by atomic mass is 9.98. The Labute approximate surface area is 116 Å². The molecule has 0 radical (unpaired) electrons. The first-order valence-electron chi connectivity index (χ1n) is 7.41. The third-order valence-electron chi connectivity index (χ3n) is 3.76. The van der Waals surface area contributed by atoms with Crippen LogP contribution in [-0.2, 0) is 13.6 Å². The zero-order chi connectivity index (χ0) is 13.7. The van der Waals surface area contributed by atoms with Gasteiger partial charge in [0.1, 0.15) is 12.2 Å².